The van der Waals surface area contributed by atoms with Gasteiger partial charge in [0.05, 0.1) is 6.26 Å². The van der Waals surface area contributed by atoms with Gasteiger partial charge in [-0.1, -0.05) is 37.3 Å². The van der Waals surface area contributed by atoms with Crippen LogP contribution >= 0.6 is 0 Å². The maximum absolute atomic E-state index is 5.34. The molecule has 0 spiro atoms. The average Bonchev–Trinajstić information content (AvgIpc) is 3.08. The van der Waals surface area contributed by atoms with Crippen molar-refractivity contribution in [2.45, 2.75) is 39.2 Å². The van der Waals surface area contributed by atoms with Gasteiger partial charge in [-0.2, -0.15) is 0 Å². The zero-order valence-corrected chi connectivity index (χ0v) is 14.3. The fourth-order valence-electron chi connectivity index (χ4n) is 2.44. The van der Waals surface area contributed by atoms with Gasteiger partial charge < -0.3 is 15.1 Å². The molecule has 4 heteroatoms. The van der Waals surface area contributed by atoms with Crippen LogP contribution < -0.4 is 10.6 Å². The Hall–Kier alpha value is -2.23. The molecule has 0 amide bonds. The zero-order valence-electron chi connectivity index (χ0n) is 14.3. The second kappa shape index (κ2) is 9.03. The summed E-state index contributed by atoms with van der Waals surface area (Å²) < 4.78 is 5.34. The number of hydrogen-bond acceptors (Lipinski definition) is 2. The van der Waals surface area contributed by atoms with Crippen LogP contribution in [-0.4, -0.2) is 25.1 Å². The summed E-state index contributed by atoms with van der Waals surface area (Å²) in [7, 11) is 0. The molecule has 2 N–H and O–H groups in total. The second-order valence-corrected chi connectivity index (χ2v) is 5.72. The van der Waals surface area contributed by atoms with Crippen molar-refractivity contribution in [1.82, 2.24) is 10.6 Å². The van der Waals surface area contributed by atoms with Gasteiger partial charge in [0.1, 0.15) is 5.76 Å². The summed E-state index contributed by atoms with van der Waals surface area (Å²) in [5, 5.41) is 6.81. The van der Waals surface area contributed by atoms with Gasteiger partial charge >= 0.3 is 0 Å². The Morgan fingerprint density at radius 3 is 2.57 bits per heavy atom. The fraction of sp³-hybridized carbons (Fsp3) is 0.421. The lowest BCUT2D eigenvalue weighted by molar-refractivity contribution is 0.510. The highest BCUT2D eigenvalue weighted by Gasteiger charge is 2.15. The maximum Gasteiger partial charge on any atom is 0.191 e. The summed E-state index contributed by atoms with van der Waals surface area (Å²) in [5.74, 6) is 2.23. The molecular weight excluding hydrogens is 286 g/mol. The summed E-state index contributed by atoms with van der Waals surface area (Å²) in [6, 6.07) is 14.7. The molecule has 4 nitrogen and oxygen atoms in total. The number of hydrogen-bond donors (Lipinski definition) is 2. The summed E-state index contributed by atoms with van der Waals surface area (Å²) in [6.07, 6.45) is 2.51. The van der Waals surface area contributed by atoms with Crippen molar-refractivity contribution in [2.24, 2.45) is 4.99 Å². The van der Waals surface area contributed by atoms with E-state index in [2.05, 4.69) is 66.7 Å². The molecule has 2 atom stereocenters. The van der Waals surface area contributed by atoms with Crippen molar-refractivity contribution in [3.05, 3.63) is 60.1 Å². The van der Waals surface area contributed by atoms with E-state index < -0.39 is 0 Å². The number of guanidine groups is 1. The Labute approximate surface area is 139 Å². The molecule has 23 heavy (non-hydrogen) atoms. The first-order chi connectivity index (χ1) is 11.2. The van der Waals surface area contributed by atoms with Crippen LogP contribution in [0.15, 0.2) is 58.1 Å². The van der Waals surface area contributed by atoms with Crippen molar-refractivity contribution in [3.63, 3.8) is 0 Å². The van der Waals surface area contributed by atoms with Gasteiger partial charge in [0.15, 0.2) is 5.96 Å². The quantitative estimate of drug-likeness (QED) is 0.607. The molecule has 0 aliphatic rings. The normalized spacial score (nSPS) is 14.3. The van der Waals surface area contributed by atoms with Crippen molar-refractivity contribution in [1.29, 1.82) is 0 Å². The number of nitrogens with zero attached hydrogens (tertiary/aromatic N) is 1. The zero-order chi connectivity index (χ0) is 16.5. The third-order valence-electron chi connectivity index (χ3n) is 3.99. The molecule has 1 aromatic carbocycles. The highest BCUT2D eigenvalue weighted by atomic mass is 16.3. The molecule has 0 aliphatic heterocycles. The van der Waals surface area contributed by atoms with Crippen LogP contribution in [0.2, 0.25) is 0 Å². The molecule has 2 unspecified atom stereocenters. The Balaban J connectivity index is 1.92. The van der Waals surface area contributed by atoms with Crippen LogP contribution in [0.5, 0.6) is 0 Å². The molecule has 2 rings (SSSR count). The topological polar surface area (TPSA) is 49.6 Å². The molecule has 0 saturated carbocycles. The molecule has 1 heterocycles. The van der Waals surface area contributed by atoms with Crippen LogP contribution in [0.3, 0.4) is 0 Å². The lowest BCUT2D eigenvalue weighted by Gasteiger charge is -2.24. The van der Waals surface area contributed by atoms with Crippen molar-refractivity contribution in [2.75, 3.05) is 13.1 Å². The molecular formula is C19H27N3O. The molecule has 1 aromatic heterocycles. The molecule has 0 bridgehead atoms. The van der Waals surface area contributed by atoms with E-state index in [0.717, 1.165) is 24.7 Å². The fourth-order valence-corrected chi connectivity index (χ4v) is 2.44. The summed E-state index contributed by atoms with van der Waals surface area (Å²) >= 11 is 0. The van der Waals surface area contributed by atoms with Gasteiger partial charge in [-0.25, -0.2) is 0 Å². The largest absolute Gasteiger partial charge is 0.469 e. The lowest BCUT2D eigenvalue weighted by Crippen LogP contribution is -2.44. The van der Waals surface area contributed by atoms with Crippen LogP contribution in [0.4, 0.5) is 0 Å². The molecule has 0 fully saturated rings. The summed E-state index contributed by atoms with van der Waals surface area (Å²) in [4.78, 5) is 4.64. The van der Waals surface area contributed by atoms with E-state index in [4.69, 9.17) is 4.42 Å². The van der Waals surface area contributed by atoms with E-state index in [-0.39, 0.29) is 0 Å². The van der Waals surface area contributed by atoms with Crippen LogP contribution in [-0.2, 0) is 6.42 Å². The molecule has 0 saturated heterocycles. The van der Waals surface area contributed by atoms with Gasteiger partial charge in [0.25, 0.3) is 0 Å². The number of nitrogens with one attached hydrogen (secondary N) is 2. The van der Waals surface area contributed by atoms with E-state index in [1.165, 1.54) is 5.56 Å². The van der Waals surface area contributed by atoms with Gasteiger partial charge in [-0.05, 0) is 31.5 Å². The summed E-state index contributed by atoms with van der Waals surface area (Å²) in [6.45, 7) is 8.06. The monoisotopic (exact) mass is 313 g/mol. The van der Waals surface area contributed by atoms with E-state index in [1.807, 2.05) is 12.1 Å². The van der Waals surface area contributed by atoms with Crippen LogP contribution in [0.25, 0.3) is 0 Å². The maximum atomic E-state index is 5.34. The predicted molar refractivity (Wildman–Crippen MR) is 95.8 cm³/mol. The van der Waals surface area contributed by atoms with Crippen LogP contribution in [0, 0.1) is 0 Å². The van der Waals surface area contributed by atoms with E-state index in [0.29, 0.717) is 18.5 Å². The Morgan fingerprint density at radius 2 is 1.91 bits per heavy atom. The standard InChI is InChI=1S/C19H27N3O/c1-4-20-19(21-13-12-18-11-8-14-23-18)22-16(3)15(2)17-9-6-5-7-10-17/h5-11,14-16H,4,12-13H2,1-3H3,(H2,20,21,22). The summed E-state index contributed by atoms with van der Waals surface area (Å²) in [5.41, 5.74) is 1.33. The third kappa shape index (κ3) is 5.47. The van der Waals surface area contributed by atoms with Crippen molar-refractivity contribution < 1.29 is 4.42 Å². The highest BCUT2D eigenvalue weighted by molar-refractivity contribution is 5.80. The molecule has 0 radical (unpaired) electrons. The Morgan fingerprint density at radius 1 is 1.13 bits per heavy atom. The van der Waals surface area contributed by atoms with E-state index in [1.54, 1.807) is 6.26 Å². The van der Waals surface area contributed by atoms with Gasteiger partial charge in [-0.15, -0.1) is 0 Å². The first kappa shape index (κ1) is 17.1. The smallest absolute Gasteiger partial charge is 0.191 e. The van der Waals surface area contributed by atoms with Gasteiger partial charge in [0, 0.05) is 31.5 Å². The molecule has 0 aliphatic carbocycles. The predicted octanol–water partition coefficient (Wildman–Crippen LogP) is 3.57. The van der Waals surface area contributed by atoms with Crippen molar-refractivity contribution in [3.8, 4) is 0 Å². The minimum atomic E-state index is 0.291. The number of furan rings is 1. The Kier molecular flexibility index (Phi) is 6.73. The van der Waals surface area contributed by atoms with Gasteiger partial charge in [0.2, 0.25) is 0 Å². The highest BCUT2D eigenvalue weighted by Crippen LogP contribution is 2.18. The first-order valence-corrected chi connectivity index (χ1v) is 8.33. The minimum absolute atomic E-state index is 0.291. The SMILES string of the molecule is CCNC(=NCCc1ccco1)NC(C)C(C)c1ccccc1. The van der Waals surface area contributed by atoms with Crippen LogP contribution in [0.1, 0.15) is 38.0 Å². The van der Waals surface area contributed by atoms with E-state index in [9.17, 15) is 0 Å². The van der Waals surface area contributed by atoms with Gasteiger partial charge in [-0.3, -0.25) is 4.99 Å². The first-order valence-electron chi connectivity index (χ1n) is 8.33. The lowest BCUT2D eigenvalue weighted by atomic mass is 9.94. The van der Waals surface area contributed by atoms with E-state index >= 15 is 0 Å². The number of aliphatic imine (C=N–C) groups is 1. The average molecular weight is 313 g/mol. The Bertz CT molecular complexity index is 578. The molecule has 2 aromatic rings. The minimum Gasteiger partial charge on any atom is -0.469 e. The third-order valence-corrected chi connectivity index (χ3v) is 3.99. The second-order valence-electron chi connectivity index (χ2n) is 5.72. The number of rotatable bonds is 7. The number of benzene rings is 1. The van der Waals surface area contributed by atoms with Crippen molar-refractivity contribution >= 4 is 5.96 Å². The molecule has 124 valence electrons.